The average Bonchev–Trinajstić information content (AvgIpc) is 2.39. The highest BCUT2D eigenvalue weighted by atomic mass is 16.3. The van der Waals surface area contributed by atoms with Crippen LogP contribution in [-0.2, 0) is 6.42 Å². The van der Waals surface area contributed by atoms with E-state index >= 15 is 0 Å². The van der Waals surface area contributed by atoms with Gasteiger partial charge in [0, 0.05) is 18.5 Å². The fourth-order valence-electron chi connectivity index (χ4n) is 2.95. The Morgan fingerprint density at radius 2 is 1.80 bits per heavy atom. The predicted octanol–water partition coefficient (Wildman–Crippen LogP) is 3.09. The Hall–Kier alpha value is -2.00. The summed E-state index contributed by atoms with van der Waals surface area (Å²) in [6.07, 6.45) is 1.10. The quantitative estimate of drug-likeness (QED) is 0.799. The van der Waals surface area contributed by atoms with Gasteiger partial charge in [0.15, 0.2) is 0 Å². The normalized spacial score (nSPS) is 18.1. The molecule has 20 heavy (non-hydrogen) atoms. The lowest BCUT2D eigenvalue weighted by Crippen LogP contribution is -2.30. The van der Waals surface area contributed by atoms with Crippen LogP contribution in [-0.4, -0.2) is 16.8 Å². The first-order valence-electron chi connectivity index (χ1n) is 6.99. The molecule has 3 nitrogen and oxygen atoms in total. The van der Waals surface area contributed by atoms with Crippen LogP contribution in [0.3, 0.4) is 0 Å². The van der Waals surface area contributed by atoms with Gasteiger partial charge in [0.05, 0.1) is 5.56 Å². The molecule has 0 aromatic heterocycles. The second-order valence-electron chi connectivity index (χ2n) is 5.44. The second-order valence-corrected chi connectivity index (χ2v) is 5.44. The summed E-state index contributed by atoms with van der Waals surface area (Å²) in [5.41, 5.74) is 3.41. The summed E-state index contributed by atoms with van der Waals surface area (Å²) in [5, 5.41) is 23.1. The minimum Gasteiger partial charge on any atom is -0.507 e. The lowest BCUT2D eigenvalue weighted by Gasteiger charge is -2.31. The van der Waals surface area contributed by atoms with Crippen molar-refractivity contribution in [2.75, 3.05) is 6.54 Å². The standard InChI is InChI=1S/C17H19NO2/c1-11(17-15(19)7-4-8-16(17)20)18-10-13-9-12-5-2-3-6-14(12)13/h2-8,11,13,18-20H,9-10H2,1H3. The number of rotatable bonds is 4. The second kappa shape index (κ2) is 5.17. The highest BCUT2D eigenvalue weighted by molar-refractivity contribution is 5.45. The Kier molecular flexibility index (Phi) is 3.36. The highest BCUT2D eigenvalue weighted by Gasteiger charge is 2.26. The molecule has 2 aromatic carbocycles. The summed E-state index contributed by atoms with van der Waals surface area (Å²) in [5.74, 6) is 0.805. The molecule has 3 heteroatoms. The number of aromatic hydroxyl groups is 2. The monoisotopic (exact) mass is 269 g/mol. The SMILES string of the molecule is CC(NCC1Cc2ccccc21)c1c(O)cccc1O. The summed E-state index contributed by atoms with van der Waals surface area (Å²) in [6, 6.07) is 13.3. The number of nitrogens with one attached hydrogen (secondary N) is 1. The van der Waals surface area contributed by atoms with Gasteiger partial charge >= 0.3 is 0 Å². The Labute approximate surface area is 118 Å². The molecular formula is C17H19NO2. The zero-order valence-electron chi connectivity index (χ0n) is 11.5. The van der Waals surface area contributed by atoms with Gasteiger partial charge in [-0.1, -0.05) is 30.3 Å². The van der Waals surface area contributed by atoms with E-state index in [1.165, 1.54) is 11.1 Å². The first-order valence-corrected chi connectivity index (χ1v) is 6.99. The van der Waals surface area contributed by atoms with E-state index in [9.17, 15) is 10.2 Å². The molecule has 2 aromatic rings. The van der Waals surface area contributed by atoms with Crippen LogP contribution in [0, 0.1) is 0 Å². The highest BCUT2D eigenvalue weighted by Crippen LogP contribution is 2.36. The molecule has 0 aliphatic heterocycles. The van der Waals surface area contributed by atoms with Crippen LogP contribution >= 0.6 is 0 Å². The van der Waals surface area contributed by atoms with Crippen LogP contribution in [0.5, 0.6) is 11.5 Å². The van der Waals surface area contributed by atoms with Gasteiger partial charge in [-0.05, 0) is 36.6 Å². The fourth-order valence-corrected chi connectivity index (χ4v) is 2.95. The van der Waals surface area contributed by atoms with Crippen molar-refractivity contribution in [2.45, 2.75) is 25.3 Å². The molecule has 3 rings (SSSR count). The smallest absolute Gasteiger partial charge is 0.124 e. The van der Waals surface area contributed by atoms with Gasteiger partial charge in [-0.25, -0.2) is 0 Å². The minimum atomic E-state index is -0.0797. The summed E-state index contributed by atoms with van der Waals surface area (Å²) in [4.78, 5) is 0. The van der Waals surface area contributed by atoms with E-state index in [4.69, 9.17) is 0 Å². The first kappa shape index (κ1) is 13.0. The third kappa shape index (κ3) is 2.25. The lowest BCUT2D eigenvalue weighted by molar-refractivity contribution is 0.411. The summed E-state index contributed by atoms with van der Waals surface area (Å²) >= 11 is 0. The van der Waals surface area contributed by atoms with Gasteiger partial charge in [0.2, 0.25) is 0 Å². The van der Waals surface area contributed by atoms with Crippen molar-refractivity contribution in [1.82, 2.24) is 5.32 Å². The van der Waals surface area contributed by atoms with Gasteiger partial charge in [-0.15, -0.1) is 0 Å². The van der Waals surface area contributed by atoms with Crippen molar-refractivity contribution in [1.29, 1.82) is 0 Å². The maximum Gasteiger partial charge on any atom is 0.124 e. The molecule has 0 bridgehead atoms. The predicted molar refractivity (Wildman–Crippen MR) is 79.1 cm³/mol. The molecule has 0 radical (unpaired) electrons. The van der Waals surface area contributed by atoms with Crippen LogP contribution in [0.25, 0.3) is 0 Å². The van der Waals surface area contributed by atoms with E-state index in [2.05, 4.69) is 29.6 Å². The van der Waals surface area contributed by atoms with Crippen LogP contribution in [0.4, 0.5) is 0 Å². The largest absolute Gasteiger partial charge is 0.507 e. The molecule has 0 heterocycles. The molecule has 2 atom stereocenters. The molecule has 0 saturated carbocycles. The zero-order chi connectivity index (χ0) is 14.1. The molecule has 0 saturated heterocycles. The Morgan fingerprint density at radius 3 is 2.50 bits per heavy atom. The van der Waals surface area contributed by atoms with Crippen LogP contribution in [0.15, 0.2) is 42.5 Å². The van der Waals surface area contributed by atoms with E-state index < -0.39 is 0 Å². The molecule has 0 amide bonds. The maximum absolute atomic E-state index is 9.86. The molecule has 0 spiro atoms. The van der Waals surface area contributed by atoms with E-state index in [1.807, 2.05) is 6.92 Å². The maximum atomic E-state index is 9.86. The number of benzene rings is 2. The Bertz CT molecular complexity index is 604. The number of fused-ring (bicyclic) bond motifs is 1. The van der Waals surface area contributed by atoms with E-state index in [0.29, 0.717) is 11.5 Å². The van der Waals surface area contributed by atoms with Gasteiger partial charge < -0.3 is 15.5 Å². The topological polar surface area (TPSA) is 52.5 Å². The third-order valence-electron chi connectivity index (χ3n) is 4.12. The number of phenolic OH excluding ortho intramolecular Hbond substituents is 2. The van der Waals surface area contributed by atoms with E-state index in [-0.39, 0.29) is 17.5 Å². The molecule has 0 fully saturated rings. The molecular weight excluding hydrogens is 250 g/mol. The van der Waals surface area contributed by atoms with E-state index in [1.54, 1.807) is 18.2 Å². The average molecular weight is 269 g/mol. The van der Waals surface area contributed by atoms with Gasteiger partial charge in [0.1, 0.15) is 11.5 Å². The third-order valence-corrected chi connectivity index (χ3v) is 4.12. The molecule has 1 aliphatic rings. The Balaban J connectivity index is 1.65. The van der Waals surface area contributed by atoms with Gasteiger partial charge in [-0.3, -0.25) is 0 Å². The lowest BCUT2D eigenvalue weighted by atomic mass is 9.77. The van der Waals surface area contributed by atoms with Crippen molar-refractivity contribution in [3.05, 3.63) is 59.2 Å². The van der Waals surface area contributed by atoms with Crippen LogP contribution in [0.2, 0.25) is 0 Å². The van der Waals surface area contributed by atoms with Gasteiger partial charge in [-0.2, -0.15) is 0 Å². The van der Waals surface area contributed by atoms with Crippen molar-refractivity contribution in [3.8, 4) is 11.5 Å². The molecule has 1 aliphatic carbocycles. The molecule has 2 unspecified atom stereocenters. The van der Waals surface area contributed by atoms with Crippen molar-refractivity contribution in [3.63, 3.8) is 0 Å². The summed E-state index contributed by atoms with van der Waals surface area (Å²) in [6.45, 7) is 2.81. The van der Waals surface area contributed by atoms with E-state index in [0.717, 1.165) is 13.0 Å². The Morgan fingerprint density at radius 1 is 1.10 bits per heavy atom. The number of phenols is 2. The van der Waals surface area contributed by atoms with Crippen molar-refractivity contribution < 1.29 is 10.2 Å². The number of hydrogen-bond donors (Lipinski definition) is 3. The number of hydrogen-bond acceptors (Lipinski definition) is 3. The molecule has 3 N–H and O–H groups in total. The van der Waals surface area contributed by atoms with Gasteiger partial charge in [0.25, 0.3) is 0 Å². The minimum absolute atomic E-state index is 0.0797. The van der Waals surface area contributed by atoms with Crippen molar-refractivity contribution in [2.24, 2.45) is 0 Å². The first-order chi connectivity index (χ1) is 9.66. The zero-order valence-corrected chi connectivity index (χ0v) is 11.5. The van der Waals surface area contributed by atoms with Crippen LogP contribution in [0.1, 0.15) is 35.6 Å². The summed E-state index contributed by atoms with van der Waals surface area (Å²) < 4.78 is 0. The molecule has 104 valence electrons. The summed E-state index contributed by atoms with van der Waals surface area (Å²) in [7, 11) is 0. The van der Waals surface area contributed by atoms with Crippen molar-refractivity contribution >= 4 is 0 Å². The van der Waals surface area contributed by atoms with Crippen LogP contribution < -0.4 is 5.32 Å². The fraction of sp³-hybridized carbons (Fsp3) is 0.294.